The fraction of sp³-hybridized carbons (Fsp3) is 0.786. The minimum atomic E-state index is -0.239. The van der Waals surface area contributed by atoms with Crippen LogP contribution in [0.4, 0.5) is 0 Å². The highest BCUT2D eigenvalue weighted by Crippen LogP contribution is 2.18. The maximum Gasteiger partial charge on any atom is 0.330 e. The quantitative estimate of drug-likeness (QED) is 0.336. The third kappa shape index (κ3) is 8.51. The molecular weight excluding hydrogens is 200 g/mol. The number of methoxy groups -OCH3 is 1. The topological polar surface area (TPSA) is 26.3 Å². The molecule has 16 heavy (non-hydrogen) atoms. The minimum Gasteiger partial charge on any atom is -0.466 e. The molecule has 0 saturated carbocycles. The van der Waals surface area contributed by atoms with Crippen LogP contribution in [0.1, 0.15) is 58.8 Å². The van der Waals surface area contributed by atoms with E-state index in [4.69, 9.17) is 0 Å². The molecule has 0 aliphatic heterocycles. The lowest BCUT2D eigenvalue weighted by atomic mass is 9.95. The van der Waals surface area contributed by atoms with Gasteiger partial charge in [-0.2, -0.15) is 0 Å². The zero-order valence-electron chi connectivity index (χ0n) is 11.0. The van der Waals surface area contributed by atoms with E-state index in [1.54, 1.807) is 6.08 Å². The van der Waals surface area contributed by atoms with Gasteiger partial charge in [0.15, 0.2) is 0 Å². The van der Waals surface area contributed by atoms with Gasteiger partial charge in [0.05, 0.1) is 7.11 Å². The van der Waals surface area contributed by atoms with Gasteiger partial charge in [0.25, 0.3) is 0 Å². The van der Waals surface area contributed by atoms with Gasteiger partial charge in [0.1, 0.15) is 0 Å². The molecule has 0 N–H and O–H groups in total. The van der Waals surface area contributed by atoms with E-state index in [-0.39, 0.29) is 5.97 Å². The summed E-state index contributed by atoms with van der Waals surface area (Å²) in [5.41, 5.74) is 0. The molecule has 0 radical (unpaired) electrons. The maximum absolute atomic E-state index is 11.0. The van der Waals surface area contributed by atoms with Crippen molar-refractivity contribution >= 4 is 5.97 Å². The van der Waals surface area contributed by atoms with Crippen LogP contribution in [-0.4, -0.2) is 13.1 Å². The summed E-state index contributed by atoms with van der Waals surface area (Å²) in [6, 6.07) is 0. The molecule has 0 heterocycles. The van der Waals surface area contributed by atoms with Crippen LogP contribution < -0.4 is 0 Å². The van der Waals surface area contributed by atoms with Crippen molar-refractivity contribution in [3.05, 3.63) is 12.2 Å². The number of allylic oxidation sites excluding steroid dienone is 1. The monoisotopic (exact) mass is 226 g/mol. The number of esters is 1. The summed E-state index contributed by atoms with van der Waals surface area (Å²) >= 11 is 0. The summed E-state index contributed by atoms with van der Waals surface area (Å²) in [4.78, 5) is 11.0. The van der Waals surface area contributed by atoms with Gasteiger partial charge in [-0.15, -0.1) is 0 Å². The van der Waals surface area contributed by atoms with E-state index >= 15 is 0 Å². The fourth-order valence-corrected chi connectivity index (χ4v) is 1.74. The predicted octanol–water partition coefficient (Wildman–Crippen LogP) is 4.10. The van der Waals surface area contributed by atoms with Gasteiger partial charge < -0.3 is 4.74 Å². The third-order valence-corrected chi connectivity index (χ3v) is 2.81. The van der Waals surface area contributed by atoms with Gasteiger partial charge in [-0.3, -0.25) is 0 Å². The molecule has 1 atom stereocenters. The molecule has 0 bridgehead atoms. The van der Waals surface area contributed by atoms with E-state index in [1.165, 1.54) is 52.1 Å². The van der Waals surface area contributed by atoms with Crippen molar-refractivity contribution in [1.29, 1.82) is 0 Å². The standard InChI is InChI=1S/C14H26O2/c1-4-6-8-10-13(9-7-5-2)11-12-14(15)16-3/h11-13H,4-10H2,1-3H3. The molecule has 0 amide bonds. The van der Waals surface area contributed by atoms with Crippen LogP contribution in [-0.2, 0) is 9.53 Å². The van der Waals surface area contributed by atoms with Crippen molar-refractivity contribution in [3.8, 4) is 0 Å². The van der Waals surface area contributed by atoms with Crippen molar-refractivity contribution in [2.45, 2.75) is 58.8 Å². The summed E-state index contributed by atoms with van der Waals surface area (Å²) in [5, 5.41) is 0. The first-order valence-electron chi connectivity index (χ1n) is 6.50. The van der Waals surface area contributed by atoms with Gasteiger partial charge in [0, 0.05) is 6.08 Å². The second kappa shape index (κ2) is 10.7. The molecule has 0 saturated heterocycles. The Balaban J connectivity index is 3.98. The number of rotatable bonds is 9. The summed E-state index contributed by atoms with van der Waals surface area (Å²) < 4.78 is 4.60. The van der Waals surface area contributed by atoms with Crippen molar-refractivity contribution < 1.29 is 9.53 Å². The zero-order valence-corrected chi connectivity index (χ0v) is 11.0. The Hall–Kier alpha value is -0.790. The Bertz CT molecular complexity index is 197. The highest BCUT2D eigenvalue weighted by atomic mass is 16.5. The molecule has 94 valence electrons. The van der Waals surface area contributed by atoms with Crippen LogP contribution in [0.5, 0.6) is 0 Å². The van der Waals surface area contributed by atoms with Gasteiger partial charge >= 0.3 is 5.97 Å². The second-order valence-corrected chi connectivity index (χ2v) is 4.28. The first-order chi connectivity index (χ1) is 7.74. The van der Waals surface area contributed by atoms with E-state index in [0.29, 0.717) is 5.92 Å². The van der Waals surface area contributed by atoms with Gasteiger partial charge in [0.2, 0.25) is 0 Å². The third-order valence-electron chi connectivity index (χ3n) is 2.81. The number of hydrogen-bond acceptors (Lipinski definition) is 2. The highest BCUT2D eigenvalue weighted by Gasteiger charge is 2.05. The average Bonchev–Trinajstić information content (AvgIpc) is 2.31. The van der Waals surface area contributed by atoms with E-state index in [1.807, 2.05) is 6.08 Å². The molecule has 0 aliphatic carbocycles. The van der Waals surface area contributed by atoms with E-state index in [0.717, 1.165) is 0 Å². The van der Waals surface area contributed by atoms with Crippen molar-refractivity contribution in [1.82, 2.24) is 0 Å². The summed E-state index contributed by atoms with van der Waals surface area (Å²) in [6.07, 6.45) is 12.2. The number of unbranched alkanes of at least 4 members (excludes halogenated alkanes) is 3. The molecule has 0 spiro atoms. The molecule has 0 rings (SSSR count). The van der Waals surface area contributed by atoms with Gasteiger partial charge in [-0.1, -0.05) is 52.0 Å². The van der Waals surface area contributed by atoms with E-state index in [2.05, 4.69) is 18.6 Å². The van der Waals surface area contributed by atoms with Crippen molar-refractivity contribution in [2.24, 2.45) is 5.92 Å². The minimum absolute atomic E-state index is 0.239. The Labute approximate surface area is 100 Å². The molecule has 1 unspecified atom stereocenters. The lowest BCUT2D eigenvalue weighted by Crippen LogP contribution is -2.00. The lowest BCUT2D eigenvalue weighted by molar-refractivity contribution is -0.134. The van der Waals surface area contributed by atoms with Gasteiger partial charge in [-0.05, 0) is 18.8 Å². The largest absolute Gasteiger partial charge is 0.466 e. The predicted molar refractivity (Wildman–Crippen MR) is 68.3 cm³/mol. The number of carbonyl (C=O) groups excluding carboxylic acids is 1. The van der Waals surface area contributed by atoms with Crippen LogP contribution in [0.25, 0.3) is 0 Å². The van der Waals surface area contributed by atoms with Gasteiger partial charge in [-0.25, -0.2) is 4.79 Å². The average molecular weight is 226 g/mol. The Morgan fingerprint density at radius 3 is 2.31 bits per heavy atom. The molecule has 2 heteroatoms. The molecule has 2 nitrogen and oxygen atoms in total. The molecular formula is C14H26O2. The lowest BCUT2D eigenvalue weighted by Gasteiger charge is -2.11. The Morgan fingerprint density at radius 1 is 1.12 bits per heavy atom. The first-order valence-corrected chi connectivity index (χ1v) is 6.50. The molecule has 0 aromatic heterocycles. The SMILES string of the molecule is CCCCCC(C=CC(=O)OC)CCCC. The molecule has 0 aromatic rings. The molecule has 0 fully saturated rings. The highest BCUT2D eigenvalue weighted by molar-refractivity contribution is 5.81. The maximum atomic E-state index is 11.0. The van der Waals surface area contributed by atoms with Crippen molar-refractivity contribution in [2.75, 3.05) is 7.11 Å². The zero-order chi connectivity index (χ0) is 12.2. The van der Waals surface area contributed by atoms with Crippen molar-refractivity contribution in [3.63, 3.8) is 0 Å². The van der Waals surface area contributed by atoms with Crippen LogP contribution in [0.15, 0.2) is 12.2 Å². The normalized spacial score (nSPS) is 12.9. The summed E-state index contributed by atoms with van der Waals surface area (Å²) in [7, 11) is 1.42. The Morgan fingerprint density at radius 2 is 1.75 bits per heavy atom. The number of ether oxygens (including phenoxy) is 1. The number of carbonyl (C=O) groups is 1. The molecule has 0 aliphatic rings. The Kier molecular flexibility index (Phi) is 10.2. The summed E-state index contributed by atoms with van der Waals surface area (Å²) in [5.74, 6) is 0.308. The van der Waals surface area contributed by atoms with E-state index in [9.17, 15) is 4.79 Å². The summed E-state index contributed by atoms with van der Waals surface area (Å²) in [6.45, 7) is 4.42. The van der Waals surface area contributed by atoms with Crippen LogP contribution in [0.2, 0.25) is 0 Å². The van der Waals surface area contributed by atoms with Crippen LogP contribution in [0, 0.1) is 5.92 Å². The van der Waals surface area contributed by atoms with E-state index < -0.39 is 0 Å². The van der Waals surface area contributed by atoms with Crippen LogP contribution >= 0.6 is 0 Å². The fourth-order valence-electron chi connectivity index (χ4n) is 1.74. The van der Waals surface area contributed by atoms with Crippen LogP contribution in [0.3, 0.4) is 0 Å². The molecule has 0 aromatic carbocycles. The second-order valence-electron chi connectivity index (χ2n) is 4.28. The number of hydrogen-bond donors (Lipinski definition) is 0. The first kappa shape index (κ1) is 15.2. The smallest absolute Gasteiger partial charge is 0.330 e.